The molecule has 134 valence electrons. The highest BCUT2D eigenvalue weighted by atomic mass is 32.2. The topological polar surface area (TPSA) is 27.1 Å². The summed E-state index contributed by atoms with van der Waals surface area (Å²) in [6.07, 6.45) is 19.8. The third-order valence-electron chi connectivity index (χ3n) is 4.18. The fourth-order valence-electron chi connectivity index (χ4n) is 2.81. The number of hydrogen-bond acceptors (Lipinski definition) is 3. The van der Waals surface area contributed by atoms with E-state index in [2.05, 4.69) is 16.5 Å². The summed E-state index contributed by atoms with van der Waals surface area (Å²) in [4.78, 5) is 4.11. The normalized spacial score (nSPS) is 12.6. The van der Waals surface area contributed by atoms with Crippen molar-refractivity contribution in [3.63, 3.8) is 0 Å². The highest BCUT2D eigenvalue weighted by molar-refractivity contribution is 7.99. The van der Waals surface area contributed by atoms with Crippen molar-refractivity contribution in [1.29, 1.82) is 0 Å². The van der Waals surface area contributed by atoms with Crippen LogP contribution >= 0.6 is 11.8 Å². The number of ether oxygens (including phenoxy) is 1. The van der Waals surface area contributed by atoms with Crippen LogP contribution in [0.5, 0.6) is 0 Å². The van der Waals surface area contributed by atoms with E-state index in [0.29, 0.717) is 5.25 Å². The molecule has 0 saturated carbocycles. The van der Waals surface area contributed by atoms with Crippen molar-refractivity contribution in [3.05, 3.63) is 18.7 Å². The summed E-state index contributed by atoms with van der Waals surface area (Å²) >= 11 is 2.05. The van der Waals surface area contributed by atoms with E-state index in [1.54, 1.807) is 7.11 Å². The van der Waals surface area contributed by atoms with Crippen LogP contribution in [0.15, 0.2) is 18.7 Å². The molecule has 0 bridgehead atoms. The molecule has 0 saturated heterocycles. The van der Waals surface area contributed by atoms with Gasteiger partial charge in [0.25, 0.3) is 0 Å². The molecule has 0 aromatic carbocycles. The van der Waals surface area contributed by atoms with Gasteiger partial charge in [-0.3, -0.25) is 0 Å². The maximum absolute atomic E-state index is 5.35. The minimum absolute atomic E-state index is 0.535. The Morgan fingerprint density at radius 2 is 1.65 bits per heavy atom. The molecular weight excluding hydrogens is 304 g/mol. The zero-order valence-corrected chi connectivity index (χ0v) is 16.0. The second-order valence-corrected chi connectivity index (χ2v) is 7.80. The molecule has 4 heteroatoms. The van der Waals surface area contributed by atoms with E-state index in [-0.39, 0.29) is 0 Å². The maximum atomic E-state index is 5.35. The number of unbranched alkanes of at least 4 members (excludes halogenated alkanes) is 9. The summed E-state index contributed by atoms with van der Waals surface area (Å²) in [6.45, 7) is 4.10. The van der Waals surface area contributed by atoms with Gasteiger partial charge in [-0.05, 0) is 12.2 Å². The monoisotopic (exact) mass is 340 g/mol. The second-order valence-electron chi connectivity index (χ2n) is 6.39. The first-order valence-corrected chi connectivity index (χ1v) is 10.5. The standard InChI is InChI=1S/C19H36N2OS/c1-3-4-5-6-7-8-9-10-11-12-15-23-19(17-22-2)16-21-14-13-20-18-21/h13-14,18-19H,3-12,15-17H2,1-2H3. The van der Waals surface area contributed by atoms with Gasteiger partial charge in [-0.15, -0.1) is 0 Å². The number of rotatable bonds is 16. The molecule has 1 heterocycles. The van der Waals surface area contributed by atoms with Crippen LogP contribution in [0, 0.1) is 0 Å². The van der Waals surface area contributed by atoms with E-state index >= 15 is 0 Å². The van der Waals surface area contributed by atoms with Gasteiger partial charge < -0.3 is 9.30 Å². The van der Waals surface area contributed by atoms with Gasteiger partial charge in [0.1, 0.15) is 0 Å². The lowest BCUT2D eigenvalue weighted by molar-refractivity contribution is 0.195. The molecule has 1 rings (SSSR count). The van der Waals surface area contributed by atoms with Gasteiger partial charge in [-0.2, -0.15) is 11.8 Å². The van der Waals surface area contributed by atoms with Crippen LogP contribution in [0.2, 0.25) is 0 Å². The maximum Gasteiger partial charge on any atom is 0.0946 e. The molecule has 0 aliphatic heterocycles. The van der Waals surface area contributed by atoms with E-state index in [0.717, 1.165) is 13.2 Å². The van der Waals surface area contributed by atoms with E-state index in [1.165, 1.54) is 70.0 Å². The van der Waals surface area contributed by atoms with E-state index in [9.17, 15) is 0 Å². The quantitative estimate of drug-likeness (QED) is 0.369. The Balaban J connectivity index is 1.93. The van der Waals surface area contributed by atoms with Gasteiger partial charge in [0, 0.05) is 31.3 Å². The number of aromatic nitrogens is 2. The van der Waals surface area contributed by atoms with Crippen LogP contribution in [0.1, 0.15) is 71.1 Å². The van der Waals surface area contributed by atoms with Gasteiger partial charge >= 0.3 is 0 Å². The Kier molecular flexibility index (Phi) is 13.5. The lowest BCUT2D eigenvalue weighted by Gasteiger charge is -2.16. The average Bonchev–Trinajstić information content (AvgIpc) is 3.05. The van der Waals surface area contributed by atoms with Crippen LogP contribution in [0.25, 0.3) is 0 Å². The molecule has 1 unspecified atom stereocenters. The van der Waals surface area contributed by atoms with Gasteiger partial charge in [-0.25, -0.2) is 4.98 Å². The molecule has 0 N–H and O–H groups in total. The van der Waals surface area contributed by atoms with E-state index in [1.807, 2.05) is 30.5 Å². The molecule has 0 radical (unpaired) electrons. The molecular formula is C19H36N2OS. The number of hydrogen-bond donors (Lipinski definition) is 0. The van der Waals surface area contributed by atoms with Crippen LogP contribution in [0.3, 0.4) is 0 Å². The molecule has 0 fully saturated rings. The van der Waals surface area contributed by atoms with E-state index < -0.39 is 0 Å². The summed E-state index contributed by atoms with van der Waals surface area (Å²) in [5.74, 6) is 1.25. The molecule has 0 amide bonds. The first-order valence-electron chi connectivity index (χ1n) is 9.43. The summed E-state index contributed by atoms with van der Waals surface area (Å²) in [5, 5.41) is 0.535. The largest absolute Gasteiger partial charge is 0.383 e. The molecule has 0 spiro atoms. The third kappa shape index (κ3) is 11.7. The lowest BCUT2D eigenvalue weighted by Crippen LogP contribution is -2.18. The first-order chi connectivity index (χ1) is 11.4. The Morgan fingerprint density at radius 1 is 1.00 bits per heavy atom. The van der Waals surface area contributed by atoms with E-state index in [4.69, 9.17) is 4.74 Å². The average molecular weight is 341 g/mol. The van der Waals surface area contributed by atoms with Crippen molar-refractivity contribution < 1.29 is 4.74 Å². The predicted molar refractivity (Wildman–Crippen MR) is 102 cm³/mol. The molecule has 3 nitrogen and oxygen atoms in total. The van der Waals surface area contributed by atoms with Crippen molar-refractivity contribution in [3.8, 4) is 0 Å². The van der Waals surface area contributed by atoms with Crippen molar-refractivity contribution in [2.75, 3.05) is 19.5 Å². The summed E-state index contributed by atoms with van der Waals surface area (Å²) < 4.78 is 7.50. The number of imidazole rings is 1. The van der Waals surface area contributed by atoms with Crippen LogP contribution in [-0.4, -0.2) is 34.3 Å². The Morgan fingerprint density at radius 3 is 2.22 bits per heavy atom. The Hall–Kier alpha value is -0.480. The minimum atomic E-state index is 0.535. The van der Waals surface area contributed by atoms with Crippen molar-refractivity contribution in [2.45, 2.75) is 82.9 Å². The molecule has 0 aliphatic rings. The Bertz CT molecular complexity index is 343. The zero-order valence-electron chi connectivity index (χ0n) is 15.2. The highest BCUT2D eigenvalue weighted by Crippen LogP contribution is 2.17. The number of methoxy groups -OCH3 is 1. The molecule has 23 heavy (non-hydrogen) atoms. The molecule has 0 aliphatic carbocycles. The minimum Gasteiger partial charge on any atom is -0.383 e. The van der Waals surface area contributed by atoms with Crippen LogP contribution in [0.4, 0.5) is 0 Å². The zero-order chi connectivity index (χ0) is 16.6. The number of nitrogens with zero attached hydrogens (tertiary/aromatic N) is 2. The molecule has 1 aromatic heterocycles. The predicted octanol–water partition coefficient (Wildman–Crippen LogP) is 5.55. The third-order valence-corrected chi connectivity index (χ3v) is 5.46. The van der Waals surface area contributed by atoms with Crippen molar-refractivity contribution in [2.24, 2.45) is 0 Å². The Labute approximate surface area is 147 Å². The highest BCUT2D eigenvalue weighted by Gasteiger charge is 2.09. The van der Waals surface area contributed by atoms with Gasteiger partial charge in [0.2, 0.25) is 0 Å². The summed E-state index contributed by atoms with van der Waals surface area (Å²) in [7, 11) is 1.79. The van der Waals surface area contributed by atoms with Crippen molar-refractivity contribution in [1.82, 2.24) is 9.55 Å². The van der Waals surface area contributed by atoms with Gasteiger partial charge in [-0.1, -0.05) is 64.7 Å². The number of thioether (sulfide) groups is 1. The molecule has 1 atom stereocenters. The fraction of sp³-hybridized carbons (Fsp3) is 0.842. The summed E-state index contributed by atoms with van der Waals surface area (Å²) in [5.41, 5.74) is 0. The van der Waals surface area contributed by atoms with Crippen molar-refractivity contribution >= 4 is 11.8 Å². The smallest absolute Gasteiger partial charge is 0.0946 e. The SMILES string of the molecule is CCCCCCCCCCCCSC(COC)Cn1ccnc1. The van der Waals surface area contributed by atoms with Crippen LogP contribution < -0.4 is 0 Å². The van der Waals surface area contributed by atoms with Crippen LogP contribution in [-0.2, 0) is 11.3 Å². The first kappa shape index (κ1) is 20.6. The van der Waals surface area contributed by atoms with Gasteiger partial charge in [0.15, 0.2) is 0 Å². The summed E-state index contributed by atoms with van der Waals surface area (Å²) in [6, 6.07) is 0. The lowest BCUT2D eigenvalue weighted by atomic mass is 10.1. The molecule has 1 aromatic rings. The second kappa shape index (κ2) is 15.1. The van der Waals surface area contributed by atoms with Gasteiger partial charge in [0.05, 0.1) is 12.9 Å². The fourth-order valence-corrected chi connectivity index (χ4v) is 4.02.